The molecule has 3 heterocycles. The molecule has 0 bridgehead atoms. The number of fused-ring (bicyclic) bond motifs is 1. The van der Waals surface area contributed by atoms with Crippen LogP contribution in [-0.4, -0.2) is 46.1 Å². The quantitative estimate of drug-likeness (QED) is 0.903. The van der Waals surface area contributed by atoms with Gasteiger partial charge in [-0.25, -0.2) is 9.78 Å². The first-order chi connectivity index (χ1) is 13.2. The molecule has 2 aliphatic heterocycles. The Hall–Kier alpha value is -2.83. The summed E-state index contributed by atoms with van der Waals surface area (Å²) in [6.45, 7) is 1.59. The lowest BCUT2D eigenvalue weighted by molar-refractivity contribution is -0.119. The van der Waals surface area contributed by atoms with Crippen molar-refractivity contribution in [3.05, 3.63) is 36.3 Å². The Morgan fingerprint density at radius 3 is 2.70 bits per heavy atom. The molecule has 0 aliphatic carbocycles. The van der Waals surface area contributed by atoms with Crippen molar-refractivity contribution in [1.82, 2.24) is 14.5 Å². The van der Waals surface area contributed by atoms with Gasteiger partial charge in [0.25, 0.3) is 0 Å². The maximum Gasteiger partial charge on any atom is 0.410 e. The highest BCUT2D eigenvalue weighted by atomic mass is 16.5. The number of benzene rings is 1. The summed E-state index contributed by atoms with van der Waals surface area (Å²) >= 11 is 0. The Morgan fingerprint density at radius 1 is 1.15 bits per heavy atom. The number of nitrogens with zero attached hydrogens (tertiary/aromatic N) is 3. The molecule has 7 nitrogen and oxygen atoms in total. The van der Waals surface area contributed by atoms with Gasteiger partial charge in [0, 0.05) is 37.0 Å². The summed E-state index contributed by atoms with van der Waals surface area (Å²) in [5.74, 6) is 0.973. The van der Waals surface area contributed by atoms with Gasteiger partial charge >= 0.3 is 6.09 Å². The van der Waals surface area contributed by atoms with E-state index in [2.05, 4.69) is 16.1 Å². The number of amides is 2. The molecule has 7 heteroatoms. The first-order valence-corrected chi connectivity index (χ1v) is 9.47. The van der Waals surface area contributed by atoms with Gasteiger partial charge in [0.1, 0.15) is 11.9 Å². The largest absolute Gasteiger partial charge is 0.453 e. The molecule has 2 aromatic rings. The molecule has 27 heavy (non-hydrogen) atoms. The molecule has 4 rings (SSSR count). The molecule has 0 saturated carbocycles. The molecule has 1 N–H and O–H groups in total. The van der Waals surface area contributed by atoms with Gasteiger partial charge in [-0.2, -0.15) is 0 Å². The molecule has 142 valence electrons. The first kappa shape index (κ1) is 17.6. The van der Waals surface area contributed by atoms with Crippen LogP contribution in [0, 0.1) is 0 Å². The topological polar surface area (TPSA) is 76.5 Å². The number of carbonyl (C=O) groups is 2. The lowest BCUT2D eigenvalue weighted by Crippen LogP contribution is -2.43. The van der Waals surface area contributed by atoms with Crippen LogP contribution in [0.5, 0.6) is 0 Å². The Kier molecular flexibility index (Phi) is 4.83. The fourth-order valence-electron chi connectivity index (χ4n) is 3.88. The highest BCUT2D eigenvalue weighted by molar-refractivity contribution is 5.97. The van der Waals surface area contributed by atoms with Crippen molar-refractivity contribution in [3.63, 3.8) is 0 Å². The van der Waals surface area contributed by atoms with Crippen LogP contribution >= 0.6 is 0 Å². The molecule has 1 unspecified atom stereocenters. The third-order valence-corrected chi connectivity index (χ3v) is 5.32. The van der Waals surface area contributed by atoms with Crippen molar-refractivity contribution < 1.29 is 14.3 Å². The molecule has 1 aromatic heterocycles. The minimum Gasteiger partial charge on any atom is -0.453 e. The molecule has 2 aliphatic rings. The number of rotatable bonds is 3. The number of hydrogen-bond donors (Lipinski definition) is 1. The summed E-state index contributed by atoms with van der Waals surface area (Å²) in [4.78, 5) is 30.6. The van der Waals surface area contributed by atoms with Gasteiger partial charge in [0.15, 0.2) is 0 Å². The minimum absolute atomic E-state index is 0.178. The third kappa shape index (κ3) is 3.54. The number of imidazole rings is 1. The van der Waals surface area contributed by atoms with E-state index >= 15 is 0 Å². The number of likely N-dealkylation sites (tertiary alicyclic amines) is 1. The number of anilines is 1. The molecule has 1 fully saturated rings. The summed E-state index contributed by atoms with van der Waals surface area (Å²) in [5.41, 5.74) is 2.72. The van der Waals surface area contributed by atoms with Crippen LogP contribution in [0.4, 0.5) is 10.5 Å². The molecular weight excluding hydrogens is 344 g/mol. The fourth-order valence-corrected chi connectivity index (χ4v) is 3.88. The Bertz CT molecular complexity index is 820. The molecule has 1 aromatic carbocycles. The molecule has 1 atom stereocenters. The second-order valence-corrected chi connectivity index (χ2v) is 7.08. The number of nitrogens with one attached hydrogen (secondary N) is 1. The molecular formula is C20H24N4O3. The van der Waals surface area contributed by atoms with Crippen molar-refractivity contribution in [1.29, 1.82) is 0 Å². The monoisotopic (exact) mass is 368 g/mol. The van der Waals surface area contributed by atoms with Crippen molar-refractivity contribution in [2.75, 3.05) is 19.0 Å². The maximum absolute atomic E-state index is 12.6. The summed E-state index contributed by atoms with van der Waals surface area (Å²) in [7, 11) is 1.34. The number of carbonyl (C=O) groups excluding carboxylic acids is 2. The second-order valence-electron chi connectivity index (χ2n) is 7.08. The zero-order valence-corrected chi connectivity index (χ0v) is 15.5. The normalized spacial score (nSPS) is 18.9. The summed E-state index contributed by atoms with van der Waals surface area (Å²) in [6.07, 6.45) is 6.55. The van der Waals surface area contributed by atoms with E-state index in [1.165, 1.54) is 24.9 Å². The lowest BCUT2D eigenvalue weighted by Gasteiger charge is -2.22. The van der Waals surface area contributed by atoms with E-state index in [-0.39, 0.29) is 5.91 Å². The van der Waals surface area contributed by atoms with Crippen molar-refractivity contribution in [2.24, 2.45) is 0 Å². The maximum atomic E-state index is 12.6. The summed E-state index contributed by atoms with van der Waals surface area (Å²) in [6, 6.07) is 7.22. The number of hydrogen-bond acceptors (Lipinski definition) is 4. The van der Waals surface area contributed by atoms with E-state index in [1.807, 2.05) is 24.3 Å². The average molecular weight is 368 g/mol. The average Bonchev–Trinajstić information content (AvgIpc) is 3.35. The van der Waals surface area contributed by atoms with E-state index < -0.39 is 12.1 Å². The second kappa shape index (κ2) is 7.42. The van der Waals surface area contributed by atoms with Gasteiger partial charge in [-0.05, 0) is 37.8 Å². The van der Waals surface area contributed by atoms with E-state index in [0.717, 1.165) is 36.5 Å². The van der Waals surface area contributed by atoms with Crippen LogP contribution in [0.2, 0.25) is 0 Å². The third-order valence-electron chi connectivity index (χ3n) is 5.32. The number of methoxy groups -OCH3 is 1. The standard InChI is InChI=1S/C20H24N4O3/c1-27-20(26)24-12-4-5-17(24)19(25)21-15-9-7-14(8-10-15)16-13-23-11-3-2-6-18(23)22-16/h7-10,13,17H,2-6,11-12H2,1H3,(H,21,25). The van der Waals surface area contributed by atoms with Crippen molar-refractivity contribution in [3.8, 4) is 11.3 Å². The summed E-state index contributed by atoms with van der Waals surface area (Å²) < 4.78 is 6.99. The number of aromatic nitrogens is 2. The van der Waals surface area contributed by atoms with E-state index in [0.29, 0.717) is 18.7 Å². The van der Waals surface area contributed by atoms with E-state index in [1.54, 1.807) is 0 Å². The van der Waals surface area contributed by atoms with Crippen LogP contribution in [0.1, 0.15) is 31.5 Å². The summed E-state index contributed by atoms with van der Waals surface area (Å²) in [5, 5.41) is 2.91. The highest BCUT2D eigenvalue weighted by Gasteiger charge is 2.34. The van der Waals surface area contributed by atoms with E-state index in [4.69, 9.17) is 9.72 Å². The lowest BCUT2D eigenvalue weighted by atomic mass is 10.1. The van der Waals surface area contributed by atoms with Crippen LogP contribution < -0.4 is 5.32 Å². The fraction of sp³-hybridized carbons (Fsp3) is 0.450. The van der Waals surface area contributed by atoms with Crippen LogP contribution in [0.3, 0.4) is 0 Å². The zero-order chi connectivity index (χ0) is 18.8. The SMILES string of the molecule is COC(=O)N1CCCC1C(=O)Nc1ccc(-c2cn3c(n2)CCCC3)cc1. The van der Waals surface area contributed by atoms with Crippen LogP contribution in [0.15, 0.2) is 30.5 Å². The van der Waals surface area contributed by atoms with Crippen LogP contribution in [-0.2, 0) is 22.5 Å². The van der Waals surface area contributed by atoms with Gasteiger partial charge in [-0.1, -0.05) is 12.1 Å². The van der Waals surface area contributed by atoms with Gasteiger partial charge in [0.05, 0.1) is 12.8 Å². The predicted octanol–water partition coefficient (Wildman–Crippen LogP) is 3.06. The highest BCUT2D eigenvalue weighted by Crippen LogP contribution is 2.25. The Balaban J connectivity index is 1.44. The smallest absolute Gasteiger partial charge is 0.410 e. The molecule has 2 amide bonds. The van der Waals surface area contributed by atoms with Gasteiger partial charge < -0.3 is 14.6 Å². The molecule has 0 radical (unpaired) electrons. The first-order valence-electron chi connectivity index (χ1n) is 9.47. The van der Waals surface area contributed by atoms with Crippen LogP contribution in [0.25, 0.3) is 11.3 Å². The molecule has 1 saturated heterocycles. The predicted molar refractivity (Wildman–Crippen MR) is 101 cm³/mol. The van der Waals surface area contributed by atoms with E-state index in [9.17, 15) is 9.59 Å². The molecule has 0 spiro atoms. The van der Waals surface area contributed by atoms with Crippen molar-refractivity contribution >= 4 is 17.7 Å². The minimum atomic E-state index is -0.475. The number of aryl methyl sites for hydroxylation is 2. The van der Waals surface area contributed by atoms with Gasteiger partial charge in [-0.3, -0.25) is 9.69 Å². The van der Waals surface area contributed by atoms with Crippen molar-refractivity contribution in [2.45, 2.75) is 44.7 Å². The number of ether oxygens (including phenoxy) is 1. The zero-order valence-electron chi connectivity index (χ0n) is 15.5. The Labute approximate surface area is 158 Å². The Morgan fingerprint density at radius 2 is 1.96 bits per heavy atom. The van der Waals surface area contributed by atoms with Gasteiger partial charge in [-0.15, -0.1) is 0 Å². The van der Waals surface area contributed by atoms with Gasteiger partial charge in [0.2, 0.25) is 5.91 Å².